The Morgan fingerprint density at radius 1 is 1.00 bits per heavy atom. The minimum atomic E-state index is 0.532. The van der Waals surface area contributed by atoms with E-state index in [1.54, 1.807) is 12.3 Å². The molecular formula is C9H9N5. The fourth-order valence-corrected chi connectivity index (χ4v) is 1.06. The maximum absolute atomic E-state index is 5.17. The van der Waals surface area contributed by atoms with Crippen LogP contribution in [0.1, 0.15) is 0 Å². The van der Waals surface area contributed by atoms with Gasteiger partial charge in [-0.2, -0.15) is 0 Å². The number of pyridine rings is 1. The van der Waals surface area contributed by atoms with Crippen molar-refractivity contribution in [1.82, 2.24) is 15.2 Å². The van der Waals surface area contributed by atoms with Crippen molar-refractivity contribution in [2.75, 3.05) is 5.43 Å². The Labute approximate surface area is 81.0 Å². The van der Waals surface area contributed by atoms with E-state index in [0.29, 0.717) is 5.82 Å². The molecule has 0 spiro atoms. The molecule has 2 aromatic rings. The molecule has 0 amide bonds. The molecule has 2 rings (SSSR count). The Morgan fingerprint density at radius 3 is 2.50 bits per heavy atom. The molecule has 0 aliphatic heterocycles. The molecule has 70 valence electrons. The van der Waals surface area contributed by atoms with Crippen molar-refractivity contribution >= 4 is 5.82 Å². The van der Waals surface area contributed by atoms with E-state index in [-0.39, 0.29) is 0 Å². The molecule has 0 unspecified atom stereocenters. The number of aromatic nitrogens is 3. The molecule has 2 aromatic heterocycles. The lowest BCUT2D eigenvalue weighted by Crippen LogP contribution is -2.09. The van der Waals surface area contributed by atoms with Crippen molar-refractivity contribution in [1.29, 1.82) is 0 Å². The van der Waals surface area contributed by atoms with Gasteiger partial charge in [0.2, 0.25) is 0 Å². The van der Waals surface area contributed by atoms with Gasteiger partial charge in [-0.25, -0.2) is 5.84 Å². The second kappa shape index (κ2) is 3.80. The molecule has 5 nitrogen and oxygen atoms in total. The number of hydrogen-bond acceptors (Lipinski definition) is 5. The van der Waals surface area contributed by atoms with Crippen LogP contribution in [0.2, 0.25) is 0 Å². The molecule has 0 saturated carbocycles. The maximum atomic E-state index is 5.17. The summed E-state index contributed by atoms with van der Waals surface area (Å²) in [4.78, 5) is 4.15. The van der Waals surface area contributed by atoms with Gasteiger partial charge in [0, 0.05) is 6.20 Å². The molecule has 0 aliphatic rings. The van der Waals surface area contributed by atoms with Crippen LogP contribution in [0.5, 0.6) is 0 Å². The normalized spacial score (nSPS) is 9.79. The topological polar surface area (TPSA) is 76.7 Å². The number of nitrogens with one attached hydrogen (secondary N) is 1. The monoisotopic (exact) mass is 187 g/mol. The van der Waals surface area contributed by atoms with Crippen molar-refractivity contribution in [3.8, 4) is 11.4 Å². The number of nitrogens with zero attached hydrogens (tertiary/aromatic N) is 3. The van der Waals surface area contributed by atoms with Gasteiger partial charge in [-0.1, -0.05) is 6.07 Å². The zero-order chi connectivity index (χ0) is 9.80. The number of rotatable bonds is 2. The molecule has 14 heavy (non-hydrogen) atoms. The fraction of sp³-hybridized carbons (Fsp3) is 0. The minimum Gasteiger partial charge on any atom is -0.307 e. The van der Waals surface area contributed by atoms with Crippen LogP contribution in [0.3, 0.4) is 0 Å². The average molecular weight is 187 g/mol. The third kappa shape index (κ3) is 1.67. The second-order valence-electron chi connectivity index (χ2n) is 2.66. The number of hydrazine groups is 1. The first-order valence-corrected chi connectivity index (χ1v) is 4.12. The lowest BCUT2D eigenvalue weighted by atomic mass is 10.2. The van der Waals surface area contributed by atoms with Gasteiger partial charge in [-0.15, -0.1) is 10.2 Å². The zero-order valence-electron chi connectivity index (χ0n) is 7.38. The second-order valence-corrected chi connectivity index (χ2v) is 2.66. The molecule has 0 fully saturated rings. The zero-order valence-corrected chi connectivity index (χ0v) is 7.38. The van der Waals surface area contributed by atoms with E-state index in [2.05, 4.69) is 20.6 Å². The number of hydrogen-bond donors (Lipinski definition) is 2. The Hall–Kier alpha value is -2.01. The Morgan fingerprint density at radius 2 is 1.93 bits per heavy atom. The lowest BCUT2D eigenvalue weighted by Gasteiger charge is -1.99. The van der Waals surface area contributed by atoms with Crippen molar-refractivity contribution in [3.63, 3.8) is 0 Å². The standard InChI is InChI=1S/C9H9N5/c10-12-9-5-4-8(13-14-9)7-3-1-2-6-11-7/h1-6H,10H2,(H,12,14). The summed E-state index contributed by atoms with van der Waals surface area (Å²) < 4.78 is 0. The van der Waals surface area contributed by atoms with E-state index in [0.717, 1.165) is 11.4 Å². The van der Waals surface area contributed by atoms with E-state index in [1.807, 2.05) is 24.3 Å². The predicted octanol–water partition coefficient (Wildman–Crippen LogP) is 0.824. The Balaban J connectivity index is 2.34. The van der Waals surface area contributed by atoms with Crippen molar-refractivity contribution in [3.05, 3.63) is 36.5 Å². The highest BCUT2D eigenvalue weighted by molar-refractivity contribution is 5.54. The molecule has 2 heterocycles. The van der Waals surface area contributed by atoms with E-state index < -0.39 is 0 Å². The highest BCUT2D eigenvalue weighted by Gasteiger charge is 1.99. The highest BCUT2D eigenvalue weighted by Crippen LogP contribution is 2.12. The first-order chi connectivity index (χ1) is 6.90. The molecule has 3 N–H and O–H groups in total. The van der Waals surface area contributed by atoms with E-state index in [1.165, 1.54) is 0 Å². The smallest absolute Gasteiger partial charge is 0.162 e. The third-order valence-corrected chi connectivity index (χ3v) is 1.74. The van der Waals surface area contributed by atoms with Crippen LogP contribution in [0, 0.1) is 0 Å². The fourth-order valence-electron chi connectivity index (χ4n) is 1.06. The summed E-state index contributed by atoms with van der Waals surface area (Å²) in [5.41, 5.74) is 3.93. The van der Waals surface area contributed by atoms with Crippen LogP contribution in [0.25, 0.3) is 11.4 Å². The Bertz CT molecular complexity index is 397. The third-order valence-electron chi connectivity index (χ3n) is 1.74. The predicted molar refractivity (Wildman–Crippen MR) is 53.1 cm³/mol. The van der Waals surface area contributed by atoms with E-state index in [9.17, 15) is 0 Å². The van der Waals surface area contributed by atoms with Crippen molar-refractivity contribution in [2.24, 2.45) is 5.84 Å². The molecule has 5 heteroatoms. The summed E-state index contributed by atoms with van der Waals surface area (Å²) in [5, 5.41) is 7.81. The first-order valence-electron chi connectivity index (χ1n) is 4.12. The first kappa shape index (κ1) is 8.58. The van der Waals surface area contributed by atoms with Crippen molar-refractivity contribution < 1.29 is 0 Å². The molecule has 0 aliphatic carbocycles. The highest BCUT2D eigenvalue weighted by atomic mass is 15.3. The van der Waals surface area contributed by atoms with Crippen LogP contribution in [-0.4, -0.2) is 15.2 Å². The largest absolute Gasteiger partial charge is 0.307 e. The van der Waals surface area contributed by atoms with Gasteiger partial charge in [0.25, 0.3) is 0 Å². The summed E-state index contributed by atoms with van der Waals surface area (Å²) in [5.74, 6) is 5.70. The van der Waals surface area contributed by atoms with Crippen LogP contribution in [0.4, 0.5) is 5.82 Å². The van der Waals surface area contributed by atoms with Gasteiger partial charge in [-0.3, -0.25) is 4.98 Å². The van der Waals surface area contributed by atoms with Gasteiger partial charge in [0.15, 0.2) is 5.82 Å². The van der Waals surface area contributed by atoms with Crippen LogP contribution in [-0.2, 0) is 0 Å². The summed E-state index contributed by atoms with van der Waals surface area (Å²) >= 11 is 0. The van der Waals surface area contributed by atoms with Gasteiger partial charge in [-0.05, 0) is 24.3 Å². The van der Waals surface area contributed by atoms with Crippen molar-refractivity contribution in [2.45, 2.75) is 0 Å². The maximum Gasteiger partial charge on any atom is 0.162 e. The number of nitrogens with two attached hydrogens (primary N) is 1. The molecule has 0 aromatic carbocycles. The SMILES string of the molecule is NNc1ccc(-c2ccccn2)nn1. The van der Waals surface area contributed by atoms with E-state index >= 15 is 0 Å². The number of nitrogen functional groups attached to an aromatic ring is 1. The summed E-state index contributed by atoms with van der Waals surface area (Å²) in [6.45, 7) is 0. The van der Waals surface area contributed by atoms with Gasteiger partial charge < -0.3 is 5.43 Å². The summed E-state index contributed by atoms with van der Waals surface area (Å²) in [6.07, 6.45) is 1.71. The van der Waals surface area contributed by atoms with Gasteiger partial charge >= 0.3 is 0 Å². The van der Waals surface area contributed by atoms with Crippen LogP contribution in [0.15, 0.2) is 36.5 Å². The number of anilines is 1. The minimum absolute atomic E-state index is 0.532. The molecule has 0 radical (unpaired) electrons. The lowest BCUT2D eigenvalue weighted by molar-refractivity contribution is 1.02. The van der Waals surface area contributed by atoms with Crippen LogP contribution >= 0.6 is 0 Å². The van der Waals surface area contributed by atoms with Crippen LogP contribution < -0.4 is 11.3 Å². The molecule has 0 atom stereocenters. The summed E-state index contributed by atoms with van der Waals surface area (Å²) in [7, 11) is 0. The summed E-state index contributed by atoms with van der Waals surface area (Å²) in [6, 6.07) is 9.19. The van der Waals surface area contributed by atoms with E-state index in [4.69, 9.17) is 5.84 Å². The Kier molecular flexibility index (Phi) is 2.33. The molecule has 0 saturated heterocycles. The van der Waals surface area contributed by atoms with Gasteiger partial charge in [0.1, 0.15) is 5.69 Å². The quantitative estimate of drug-likeness (QED) is 0.537. The average Bonchev–Trinajstić information content (AvgIpc) is 2.30. The van der Waals surface area contributed by atoms with Gasteiger partial charge in [0.05, 0.1) is 5.69 Å². The molecular weight excluding hydrogens is 178 g/mol. The molecule has 0 bridgehead atoms.